The van der Waals surface area contributed by atoms with Crippen LogP contribution in [0, 0.1) is 5.82 Å². The maximum Gasteiger partial charge on any atom is 0.163 e. The zero-order chi connectivity index (χ0) is 24.6. The highest BCUT2D eigenvalue weighted by Gasteiger charge is 2.37. The summed E-state index contributed by atoms with van der Waals surface area (Å²) in [7, 11) is 3.81. The van der Waals surface area contributed by atoms with Crippen molar-refractivity contribution in [1.29, 1.82) is 0 Å². The lowest BCUT2D eigenvalue weighted by Crippen LogP contribution is -2.52. The Morgan fingerprint density at radius 3 is 2.58 bits per heavy atom. The number of likely N-dealkylation sites (N-methyl/N-ethyl adjacent to an activating group) is 1. The van der Waals surface area contributed by atoms with Crippen molar-refractivity contribution in [1.82, 2.24) is 29.6 Å². The van der Waals surface area contributed by atoms with Gasteiger partial charge in [0.05, 0.1) is 24.1 Å². The van der Waals surface area contributed by atoms with Crippen molar-refractivity contribution in [2.75, 3.05) is 32.1 Å². The third-order valence-corrected chi connectivity index (χ3v) is 7.28. The van der Waals surface area contributed by atoms with Crippen molar-refractivity contribution in [3.63, 3.8) is 0 Å². The van der Waals surface area contributed by atoms with Gasteiger partial charge in [0.25, 0.3) is 0 Å². The second-order valence-corrected chi connectivity index (χ2v) is 9.46. The zero-order valence-electron chi connectivity index (χ0n) is 20.4. The van der Waals surface area contributed by atoms with Crippen LogP contribution in [-0.2, 0) is 11.3 Å². The molecule has 4 aromatic rings. The highest BCUT2D eigenvalue weighted by molar-refractivity contribution is 5.65. The van der Waals surface area contributed by atoms with Crippen LogP contribution in [0.15, 0.2) is 61.1 Å². The number of ether oxygens (including phenoxy) is 1. The van der Waals surface area contributed by atoms with E-state index in [1.807, 2.05) is 24.4 Å². The van der Waals surface area contributed by atoms with E-state index >= 15 is 0 Å². The molecule has 8 nitrogen and oxygen atoms in total. The molecule has 2 bridgehead atoms. The number of piperazine rings is 1. The molecule has 0 spiro atoms. The molecule has 2 unspecified atom stereocenters. The monoisotopic (exact) mass is 485 g/mol. The lowest BCUT2D eigenvalue weighted by atomic mass is 10.1. The van der Waals surface area contributed by atoms with Crippen molar-refractivity contribution in [2.24, 2.45) is 0 Å². The minimum Gasteiger partial charge on any atom is -0.380 e. The summed E-state index contributed by atoms with van der Waals surface area (Å²) >= 11 is 0. The summed E-state index contributed by atoms with van der Waals surface area (Å²) in [6, 6.07) is 13.9. The normalized spacial score (nSPS) is 19.7. The van der Waals surface area contributed by atoms with Crippen molar-refractivity contribution < 1.29 is 9.13 Å². The minimum atomic E-state index is -0.379. The molecule has 5 heterocycles. The van der Waals surface area contributed by atoms with Crippen LogP contribution in [0.1, 0.15) is 18.4 Å². The first-order chi connectivity index (χ1) is 17.6. The molecule has 6 rings (SSSR count). The lowest BCUT2D eigenvalue weighted by molar-refractivity contribution is 0.185. The number of pyridine rings is 1. The molecule has 2 fully saturated rings. The van der Waals surface area contributed by atoms with E-state index < -0.39 is 0 Å². The van der Waals surface area contributed by atoms with Crippen LogP contribution in [-0.4, -0.2) is 69.0 Å². The van der Waals surface area contributed by atoms with Crippen LogP contribution < -0.4 is 4.90 Å². The molecule has 0 saturated carbocycles. The standard InChI is InChI=1S/C27H28FN7O/c1-33-20-9-10-21(33)16-34(15-20)24-7-4-8-25(32-24)35-14-19(13-30-35)23-11-12-29-27(31-23)26-18(17-36-2)5-3-6-22(26)28/h3-8,11-14,20-21H,9-10,15-17H2,1-2H3. The topological polar surface area (TPSA) is 72.2 Å². The average molecular weight is 486 g/mol. The fraction of sp³-hybridized carbons (Fsp3) is 0.333. The van der Waals surface area contributed by atoms with Crippen LogP contribution in [0.2, 0.25) is 0 Å². The van der Waals surface area contributed by atoms with Crippen LogP contribution in [0.4, 0.5) is 10.2 Å². The van der Waals surface area contributed by atoms with Crippen LogP contribution in [0.5, 0.6) is 0 Å². The average Bonchev–Trinajstić information content (AvgIpc) is 3.45. The Labute approximate surface area is 209 Å². The molecule has 36 heavy (non-hydrogen) atoms. The minimum absolute atomic E-state index is 0.273. The van der Waals surface area contributed by atoms with Gasteiger partial charge in [-0.05, 0) is 49.7 Å². The van der Waals surface area contributed by atoms with Gasteiger partial charge in [0.15, 0.2) is 11.6 Å². The van der Waals surface area contributed by atoms with Crippen molar-refractivity contribution in [2.45, 2.75) is 31.5 Å². The smallest absolute Gasteiger partial charge is 0.163 e. The maximum atomic E-state index is 14.7. The molecule has 0 amide bonds. The van der Waals surface area contributed by atoms with Gasteiger partial charge in [-0.3, -0.25) is 4.90 Å². The Hall–Kier alpha value is -3.69. The van der Waals surface area contributed by atoms with Crippen molar-refractivity contribution >= 4 is 5.82 Å². The van der Waals surface area contributed by atoms with E-state index in [1.165, 1.54) is 18.9 Å². The molecule has 9 heteroatoms. The number of aromatic nitrogens is 5. The van der Waals surface area contributed by atoms with E-state index in [2.05, 4.69) is 38.0 Å². The van der Waals surface area contributed by atoms with E-state index in [9.17, 15) is 4.39 Å². The number of fused-ring (bicyclic) bond motifs is 2. The summed E-state index contributed by atoms with van der Waals surface area (Å²) in [6.45, 7) is 2.27. The SMILES string of the molecule is COCc1cccc(F)c1-c1nccc(-c2cnn(-c3cccc(N4CC5CCC(C4)N5C)n3)c2)n1. The largest absolute Gasteiger partial charge is 0.380 e. The van der Waals surface area contributed by atoms with E-state index in [-0.39, 0.29) is 12.4 Å². The summed E-state index contributed by atoms with van der Waals surface area (Å²) in [5, 5.41) is 4.54. The second kappa shape index (κ2) is 9.40. The Balaban J connectivity index is 1.28. The van der Waals surface area contributed by atoms with Gasteiger partial charge >= 0.3 is 0 Å². The number of hydrogen-bond donors (Lipinski definition) is 0. The Morgan fingerprint density at radius 1 is 1.00 bits per heavy atom. The zero-order valence-corrected chi connectivity index (χ0v) is 20.4. The number of hydrogen-bond acceptors (Lipinski definition) is 7. The van der Waals surface area contributed by atoms with E-state index in [0.29, 0.717) is 34.7 Å². The lowest BCUT2D eigenvalue weighted by Gasteiger charge is -2.39. The van der Waals surface area contributed by atoms with Gasteiger partial charge in [-0.2, -0.15) is 5.10 Å². The van der Waals surface area contributed by atoms with Gasteiger partial charge in [0.2, 0.25) is 0 Å². The Bertz CT molecular complexity index is 1380. The highest BCUT2D eigenvalue weighted by atomic mass is 19.1. The van der Waals surface area contributed by atoms with Gasteiger partial charge in [-0.25, -0.2) is 24.0 Å². The van der Waals surface area contributed by atoms with Gasteiger partial charge in [-0.15, -0.1) is 0 Å². The summed E-state index contributed by atoms with van der Waals surface area (Å²) in [5.41, 5.74) is 2.51. The number of methoxy groups -OCH3 is 1. The third-order valence-electron chi connectivity index (χ3n) is 7.28. The first-order valence-electron chi connectivity index (χ1n) is 12.2. The molecule has 2 saturated heterocycles. The molecule has 2 aliphatic rings. The summed E-state index contributed by atoms with van der Waals surface area (Å²) in [6.07, 6.45) is 7.77. The number of nitrogens with zero attached hydrogens (tertiary/aromatic N) is 7. The summed E-state index contributed by atoms with van der Waals surface area (Å²) in [4.78, 5) is 18.8. The Kier molecular flexibility index (Phi) is 5.94. The van der Waals surface area contributed by atoms with E-state index in [0.717, 1.165) is 30.3 Å². The number of halogens is 1. The first kappa shape index (κ1) is 22.8. The molecule has 0 radical (unpaired) electrons. The third kappa shape index (κ3) is 4.14. The van der Waals surface area contributed by atoms with Crippen LogP contribution in [0.25, 0.3) is 28.5 Å². The molecule has 3 aromatic heterocycles. The first-order valence-corrected chi connectivity index (χ1v) is 12.2. The molecule has 0 aliphatic carbocycles. The number of anilines is 1. The van der Waals surface area contributed by atoms with Crippen molar-refractivity contribution in [3.8, 4) is 28.5 Å². The quantitative estimate of drug-likeness (QED) is 0.409. The molecular weight excluding hydrogens is 457 g/mol. The molecule has 0 N–H and O–H groups in total. The molecular formula is C27H28FN7O. The Morgan fingerprint density at radius 2 is 1.78 bits per heavy atom. The van der Waals surface area contributed by atoms with Gasteiger partial charge in [0.1, 0.15) is 11.6 Å². The van der Waals surface area contributed by atoms with Gasteiger partial charge < -0.3 is 9.64 Å². The highest BCUT2D eigenvalue weighted by Crippen LogP contribution is 2.31. The fourth-order valence-corrected chi connectivity index (χ4v) is 5.33. The number of benzene rings is 1. The predicted molar refractivity (Wildman–Crippen MR) is 135 cm³/mol. The van der Waals surface area contributed by atoms with Gasteiger partial charge in [-0.1, -0.05) is 18.2 Å². The second-order valence-electron chi connectivity index (χ2n) is 9.46. The van der Waals surface area contributed by atoms with E-state index in [4.69, 9.17) is 9.72 Å². The number of rotatable bonds is 6. The molecule has 1 aromatic carbocycles. The van der Waals surface area contributed by atoms with E-state index in [1.54, 1.807) is 36.3 Å². The molecule has 2 atom stereocenters. The maximum absolute atomic E-state index is 14.7. The van der Waals surface area contributed by atoms with Crippen LogP contribution >= 0.6 is 0 Å². The fourth-order valence-electron chi connectivity index (χ4n) is 5.33. The van der Waals surface area contributed by atoms with Crippen LogP contribution in [0.3, 0.4) is 0 Å². The summed E-state index contributed by atoms with van der Waals surface area (Å²) < 4.78 is 21.7. The summed E-state index contributed by atoms with van der Waals surface area (Å²) in [5.74, 6) is 1.66. The molecule has 184 valence electrons. The van der Waals surface area contributed by atoms with Gasteiger partial charge in [0, 0.05) is 50.2 Å². The van der Waals surface area contributed by atoms with Crippen molar-refractivity contribution in [3.05, 3.63) is 72.4 Å². The molecule has 2 aliphatic heterocycles. The predicted octanol–water partition coefficient (Wildman–Crippen LogP) is 3.96.